The van der Waals surface area contributed by atoms with E-state index in [2.05, 4.69) is 26.6 Å². The standard InChI is InChI=1S/C74H118N12O14/c1-19-56-65(90)79-64(50(12)87)73(98)80(13)43-62(89)81(14)60(44-100-36-33-45(2)3)68(93)76-54(38-47(6)7)70(95)85(18)59(41-52-31-25-21-26-32-52)72(97)83(16)57(39-48(8)9)66(91)77-55(71(96)86-34-27-22-28-35-86)42-61(88)78-63(49(10)11)74(99)84(17)58(40-51-29-23-20-24-30-51)67(92)75-53(37-46(4)5)69(94)82(56)15/h20-21,23-26,29-32,45-50,53-60,63-64,87H,19,22,27-28,33-44H2,1-18H3,(H,75,92)(H,76,93)(H,77,91)(H,78,88)(H,79,90)/t50-,53+,54+,55-,56+,57+,58-,59+,60+,63+,64+/m1/s1. The maximum atomic E-state index is 15.6. The molecule has 2 fully saturated rings. The molecule has 558 valence electrons. The van der Waals surface area contributed by atoms with Gasteiger partial charge in [0.05, 0.1) is 25.7 Å². The fourth-order valence-electron chi connectivity index (χ4n) is 12.5. The molecule has 2 aliphatic rings. The summed E-state index contributed by atoms with van der Waals surface area (Å²) in [5.41, 5.74) is 1.31. The number of likely N-dealkylation sites (tertiary alicyclic amines) is 1. The number of carbonyl (C=O) groups is 12. The molecule has 0 spiro atoms. The van der Waals surface area contributed by atoms with E-state index in [1.807, 2.05) is 55.4 Å². The summed E-state index contributed by atoms with van der Waals surface area (Å²) in [5.74, 6) is -9.93. The van der Waals surface area contributed by atoms with Gasteiger partial charge in [-0.2, -0.15) is 0 Å². The number of rotatable bonds is 19. The first-order valence-corrected chi connectivity index (χ1v) is 35.7. The zero-order chi connectivity index (χ0) is 75.0. The molecule has 0 unspecified atom stereocenters. The van der Waals surface area contributed by atoms with Crippen LogP contribution in [0.5, 0.6) is 0 Å². The van der Waals surface area contributed by atoms with Gasteiger partial charge in [-0.1, -0.05) is 137 Å². The van der Waals surface area contributed by atoms with Gasteiger partial charge < -0.3 is 70.7 Å². The minimum atomic E-state index is -1.66. The molecule has 2 heterocycles. The van der Waals surface area contributed by atoms with E-state index in [9.17, 15) is 38.7 Å². The van der Waals surface area contributed by atoms with E-state index in [-0.39, 0.29) is 75.4 Å². The zero-order valence-electron chi connectivity index (χ0n) is 62.7. The number of likely N-dealkylation sites (N-methyl/N-ethyl adjacent to an activating group) is 6. The molecule has 0 radical (unpaired) electrons. The van der Waals surface area contributed by atoms with Gasteiger partial charge in [0, 0.05) is 74.8 Å². The van der Waals surface area contributed by atoms with Crippen LogP contribution in [0, 0.1) is 29.6 Å². The van der Waals surface area contributed by atoms with E-state index in [1.165, 1.54) is 63.9 Å². The first-order chi connectivity index (χ1) is 47.0. The molecule has 2 aromatic rings. The number of amides is 12. The van der Waals surface area contributed by atoms with Crippen molar-refractivity contribution in [1.82, 2.24) is 60.9 Å². The lowest BCUT2D eigenvalue weighted by atomic mass is 9.97. The first-order valence-electron chi connectivity index (χ1n) is 35.7. The van der Waals surface area contributed by atoms with E-state index >= 15 is 24.0 Å². The Kier molecular flexibility index (Phi) is 34.1. The van der Waals surface area contributed by atoms with Crippen molar-refractivity contribution in [1.29, 1.82) is 0 Å². The Morgan fingerprint density at radius 1 is 0.490 bits per heavy atom. The van der Waals surface area contributed by atoms with Crippen LogP contribution in [-0.4, -0.2) is 252 Å². The summed E-state index contributed by atoms with van der Waals surface area (Å²) < 4.78 is 6.04. The zero-order valence-corrected chi connectivity index (χ0v) is 62.7. The number of carbonyl (C=O) groups excluding carboxylic acids is 12. The molecule has 0 saturated carbocycles. The monoisotopic (exact) mass is 1400 g/mol. The molecule has 2 saturated heterocycles. The molecule has 6 N–H and O–H groups in total. The summed E-state index contributed by atoms with van der Waals surface area (Å²) >= 11 is 0. The molecule has 0 aromatic heterocycles. The minimum Gasteiger partial charge on any atom is -0.391 e. The maximum Gasteiger partial charge on any atom is 0.248 e. The minimum absolute atomic E-state index is 0.00301. The van der Waals surface area contributed by atoms with E-state index in [0.717, 1.165) is 21.1 Å². The van der Waals surface area contributed by atoms with Crippen molar-refractivity contribution in [3.63, 3.8) is 0 Å². The third-order valence-corrected chi connectivity index (χ3v) is 18.7. The van der Waals surface area contributed by atoms with Gasteiger partial charge in [-0.15, -0.1) is 0 Å². The van der Waals surface area contributed by atoms with Crippen LogP contribution in [0.15, 0.2) is 60.7 Å². The molecule has 100 heavy (non-hydrogen) atoms. The number of hydrogen-bond donors (Lipinski definition) is 6. The van der Waals surface area contributed by atoms with Crippen LogP contribution in [0.2, 0.25) is 0 Å². The average molecular weight is 1400 g/mol. The highest BCUT2D eigenvalue weighted by Crippen LogP contribution is 2.23. The Morgan fingerprint density at radius 3 is 1.43 bits per heavy atom. The lowest BCUT2D eigenvalue weighted by Crippen LogP contribution is -2.62. The highest BCUT2D eigenvalue weighted by atomic mass is 16.5. The van der Waals surface area contributed by atoms with Gasteiger partial charge >= 0.3 is 0 Å². The van der Waals surface area contributed by atoms with Gasteiger partial charge in [0.25, 0.3) is 0 Å². The Morgan fingerprint density at radius 2 is 0.950 bits per heavy atom. The fraction of sp³-hybridized carbons (Fsp3) is 0.676. The average Bonchev–Trinajstić information content (AvgIpc) is 0.821. The smallest absolute Gasteiger partial charge is 0.248 e. The van der Waals surface area contributed by atoms with Gasteiger partial charge in [0.15, 0.2) is 0 Å². The van der Waals surface area contributed by atoms with Crippen molar-refractivity contribution in [3.05, 3.63) is 71.8 Å². The highest BCUT2D eigenvalue weighted by Gasteiger charge is 2.43. The molecule has 12 amide bonds. The normalized spacial score (nSPS) is 25.0. The van der Waals surface area contributed by atoms with Crippen LogP contribution in [0.4, 0.5) is 0 Å². The first kappa shape index (κ1) is 84.4. The molecule has 4 rings (SSSR count). The number of aliphatic hydroxyl groups excluding tert-OH is 1. The molecule has 26 nitrogen and oxygen atoms in total. The van der Waals surface area contributed by atoms with Crippen molar-refractivity contribution in [3.8, 4) is 0 Å². The SMILES string of the molecule is CC[C@H]1C(=O)N[C@@H]([C@@H](C)O)C(=O)N(C)CC(=O)N(C)[C@@H](COCCC(C)C)C(=O)N[C@@H](CC(C)C)C(=O)N(C)[C@@H](Cc2ccccc2)C(=O)N(C)[C@@H](CC(C)C)C(=O)N[C@@H](C(=O)N2CCCCC2)CC(=O)N[C@@H](C(C)C)C(=O)N(C)[C@H](Cc2ccccc2)C(=O)N[C@@H](CC(C)C)C(=O)N1C. The van der Waals surface area contributed by atoms with Crippen LogP contribution in [0.3, 0.4) is 0 Å². The second-order valence-corrected chi connectivity index (χ2v) is 29.3. The van der Waals surface area contributed by atoms with Crippen LogP contribution in [0.25, 0.3) is 0 Å². The van der Waals surface area contributed by atoms with E-state index < -0.39 is 156 Å². The summed E-state index contributed by atoms with van der Waals surface area (Å²) in [6.07, 6.45) is 0.721. The van der Waals surface area contributed by atoms with Crippen molar-refractivity contribution in [2.24, 2.45) is 29.6 Å². The lowest BCUT2D eigenvalue weighted by Gasteiger charge is -2.38. The van der Waals surface area contributed by atoms with Gasteiger partial charge in [0.2, 0.25) is 70.9 Å². The number of ether oxygens (including phenoxy) is 1. The quantitative estimate of drug-likeness (QED) is 0.110. The van der Waals surface area contributed by atoms with Gasteiger partial charge in [-0.05, 0) is 99.0 Å². The Labute approximate surface area is 593 Å². The number of benzene rings is 2. The third kappa shape index (κ3) is 25.0. The molecule has 2 aromatic carbocycles. The Hall–Kier alpha value is -8.00. The number of aliphatic hydroxyl groups is 1. The van der Waals surface area contributed by atoms with Crippen molar-refractivity contribution >= 4 is 70.9 Å². The Bertz CT molecular complexity index is 3050. The highest BCUT2D eigenvalue weighted by molar-refractivity contribution is 6.00. The molecule has 0 bridgehead atoms. The Balaban J connectivity index is 1.97. The van der Waals surface area contributed by atoms with Gasteiger partial charge in [0.1, 0.15) is 60.4 Å². The second kappa shape index (κ2) is 40.4. The van der Waals surface area contributed by atoms with Gasteiger partial charge in [-0.25, -0.2) is 0 Å². The maximum absolute atomic E-state index is 15.6. The van der Waals surface area contributed by atoms with E-state index in [1.54, 1.807) is 86.3 Å². The van der Waals surface area contributed by atoms with Crippen molar-refractivity contribution < 1.29 is 67.4 Å². The van der Waals surface area contributed by atoms with Crippen molar-refractivity contribution in [2.75, 3.05) is 75.1 Å². The van der Waals surface area contributed by atoms with Crippen LogP contribution in [-0.2, 0) is 75.1 Å². The summed E-state index contributed by atoms with van der Waals surface area (Å²) in [5, 5.41) is 25.2. The predicted octanol–water partition coefficient (Wildman–Crippen LogP) is 3.55. The molecular weight excluding hydrogens is 1280 g/mol. The van der Waals surface area contributed by atoms with Crippen LogP contribution >= 0.6 is 0 Å². The topological polar surface area (TPSA) is 317 Å². The number of nitrogens with zero attached hydrogens (tertiary/aromatic N) is 7. The largest absolute Gasteiger partial charge is 0.391 e. The van der Waals surface area contributed by atoms with E-state index in [0.29, 0.717) is 43.5 Å². The van der Waals surface area contributed by atoms with Gasteiger partial charge in [-0.3, -0.25) is 57.5 Å². The second-order valence-electron chi connectivity index (χ2n) is 29.3. The van der Waals surface area contributed by atoms with Crippen molar-refractivity contribution in [2.45, 2.75) is 220 Å². The van der Waals surface area contributed by atoms with Crippen LogP contribution in [0.1, 0.15) is 152 Å². The molecule has 26 heteroatoms. The molecular formula is C74H118N12O14. The number of hydrogen-bond acceptors (Lipinski definition) is 14. The number of piperidine rings is 1. The summed E-state index contributed by atoms with van der Waals surface area (Å²) in [7, 11) is 8.29. The molecule has 2 aliphatic heterocycles. The third-order valence-electron chi connectivity index (χ3n) is 18.7. The lowest BCUT2D eigenvalue weighted by molar-refractivity contribution is -0.151. The summed E-state index contributed by atoms with van der Waals surface area (Å²) in [6.45, 7) is 21.3. The predicted molar refractivity (Wildman–Crippen MR) is 381 cm³/mol. The summed E-state index contributed by atoms with van der Waals surface area (Å²) in [6, 6.07) is 4.17. The molecule has 11 atom stereocenters. The molecule has 0 aliphatic carbocycles. The summed E-state index contributed by atoms with van der Waals surface area (Å²) in [4.78, 5) is 188. The van der Waals surface area contributed by atoms with E-state index in [4.69, 9.17) is 4.74 Å². The van der Waals surface area contributed by atoms with Crippen LogP contribution < -0.4 is 26.6 Å². The number of nitrogens with one attached hydrogen (secondary N) is 5. The fourth-order valence-corrected chi connectivity index (χ4v) is 12.5.